The maximum Gasteiger partial charge on any atom is 0.248 e. The fourth-order valence-corrected chi connectivity index (χ4v) is 3.12. The number of benzene rings is 1. The van der Waals surface area contributed by atoms with E-state index in [1.807, 2.05) is 24.3 Å². The van der Waals surface area contributed by atoms with Crippen molar-refractivity contribution in [3.05, 3.63) is 34.9 Å². The van der Waals surface area contributed by atoms with E-state index in [0.29, 0.717) is 24.3 Å². The summed E-state index contributed by atoms with van der Waals surface area (Å²) in [6.45, 7) is 0. The van der Waals surface area contributed by atoms with Crippen molar-refractivity contribution in [1.82, 2.24) is 0 Å². The van der Waals surface area contributed by atoms with Crippen molar-refractivity contribution in [2.24, 2.45) is 5.92 Å². The highest BCUT2D eigenvalue weighted by atomic mass is 35.5. The molecule has 1 fully saturated rings. The minimum atomic E-state index is -2.48. The van der Waals surface area contributed by atoms with Gasteiger partial charge in [-0.2, -0.15) is 0 Å². The van der Waals surface area contributed by atoms with Crippen LogP contribution in [0.1, 0.15) is 31.2 Å². The Kier molecular flexibility index (Phi) is 4.50. The van der Waals surface area contributed by atoms with Gasteiger partial charge in [-0.05, 0) is 42.9 Å². The average molecular weight is 293 g/mol. The molecule has 0 amide bonds. The zero-order valence-electron chi connectivity index (χ0n) is 10.0. The topological polar surface area (TPSA) is 0 Å². The molecule has 100 valence electrons. The average Bonchev–Trinajstić information content (AvgIpc) is 2.28. The molecule has 0 nitrogen and oxygen atoms in total. The Bertz CT molecular complexity index is 397. The maximum atomic E-state index is 13.1. The van der Waals surface area contributed by atoms with Gasteiger partial charge in [-0.25, -0.2) is 8.78 Å². The van der Waals surface area contributed by atoms with E-state index >= 15 is 0 Å². The van der Waals surface area contributed by atoms with Crippen molar-refractivity contribution in [3.63, 3.8) is 0 Å². The summed E-state index contributed by atoms with van der Waals surface area (Å²) in [6.07, 6.45) is 1.66. The van der Waals surface area contributed by atoms with Gasteiger partial charge in [-0.15, -0.1) is 11.6 Å². The van der Waals surface area contributed by atoms with E-state index in [0.717, 1.165) is 5.56 Å². The van der Waals surface area contributed by atoms with E-state index in [-0.39, 0.29) is 24.1 Å². The van der Waals surface area contributed by atoms with Gasteiger partial charge in [0.15, 0.2) is 0 Å². The summed E-state index contributed by atoms with van der Waals surface area (Å²) < 4.78 is 26.1. The predicted octanol–water partition coefficient (Wildman–Crippen LogP) is 5.32. The van der Waals surface area contributed by atoms with Crippen molar-refractivity contribution >= 4 is 23.2 Å². The molecule has 0 spiro atoms. The molecule has 2 rings (SSSR count). The molecule has 1 aromatic carbocycles. The van der Waals surface area contributed by atoms with Gasteiger partial charge in [-0.3, -0.25) is 0 Å². The van der Waals surface area contributed by atoms with Gasteiger partial charge < -0.3 is 0 Å². The third-order valence-electron chi connectivity index (χ3n) is 3.59. The molecule has 18 heavy (non-hydrogen) atoms. The Balaban J connectivity index is 1.91. The molecule has 0 aliphatic heterocycles. The van der Waals surface area contributed by atoms with Crippen LogP contribution in [0.15, 0.2) is 24.3 Å². The van der Waals surface area contributed by atoms with Crippen LogP contribution < -0.4 is 0 Å². The van der Waals surface area contributed by atoms with Crippen LogP contribution in [0, 0.1) is 5.92 Å². The molecule has 0 radical (unpaired) electrons. The van der Waals surface area contributed by atoms with E-state index in [1.54, 1.807) is 0 Å². The van der Waals surface area contributed by atoms with Gasteiger partial charge in [0.05, 0.1) is 0 Å². The first kappa shape index (κ1) is 14.1. The predicted molar refractivity (Wildman–Crippen MR) is 71.7 cm³/mol. The van der Waals surface area contributed by atoms with Gasteiger partial charge in [0, 0.05) is 23.2 Å². The Morgan fingerprint density at radius 1 is 1.28 bits per heavy atom. The van der Waals surface area contributed by atoms with Crippen LogP contribution in [0.25, 0.3) is 0 Å². The number of alkyl halides is 3. The lowest BCUT2D eigenvalue weighted by Gasteiger charge is -2.31. The van der Waals surface area contributed by atoms with E-state index in [4.69, 9.17) is 23.2 Å². The summed E-state index contributed by atoms with van der Waals surface area (Å²) in [5.41, 5.74) is 1.07. The lowest BCUT2D eigenvalue weighted by Crippen LogP contribution is -2.29. The highest BCUT2D eigenvalue weighted by Crippen LogP contribution is 2.39. The van der Waals surface area contributed by atoms with Crippen molar-refractivity contribution in [3.8, 4) is 0 Å². The van der Waals surface area contributed by atoms with Gasteiger partial charge in [-0.1, -0.05) is 23.7 Å². The molecule has 4 heteroatoms. The third-order valence-corrected chi connectivity index (χ3v) is 4.34. The Morgan fingerprint density at radius 2 is 1.94 bits per heavy atom. The zero-order chi connectivity index (χ0) is 13.2. The number of hydrogen-bond acceptors (Lipinski definition) is 0. The second-order valence-electron chi connectivity index (χ2n) is 5.04. The first-order valence-corrected chi connectivity index (χ1v) is 7.04. The van der Waals surface area contributed by atoms with Crippen molar-refractivity contribution in [2.45, 2.75) is 43.4 Å². The summed E-state index contributed by atoms with van der Waals surface area (Å²) in [7, 11) is 0. The summed E-state index contributed by atoms with van der Waals surface area (Å²) in [6, 6.07) is 7.55. The smallest absolute Gasteiger partial charge is 0.207 e. The molecule has 1 aromatic rings. The normalized spacial score (nSPS) is 21.8. The lowest BCUT2D eigenvalue weighted by atomic mass is 9.83. The van der Waals surface area contributed by atoms with Gasteiger partial charge >= 0.3 is 0 Å². The first-order chi connectivity index (χ1) is 8.46. The van der Waals surface area contributed by atoms with Crippen LogP contribution in [-0.4, -0.2) is 11.3 Å². The first-order valence-electron chi connectivity index (χ1n) is 6.23. The van der Waals surface area contributed by atoms with Crippen LogP contribution in [-0.2, 0) is 6.42 Å². The second kappa shape index (κ2) is 5.75. The molecule has 0 heterocycles. The highest BCUT2D eigenvalue weighted by molar-refractivity contribution is 6.30. The van der Waals surface area contributed by atoms with Crippen molar-refractivity contribution < 1.29 is 8.78 Å². The molecular weight excluding hydrogens is 277 g/mol. The monoisotopic (exact) mass is 292 g/mol. The molecule has 1 aliphatic carbocycles. The molecule has 1 atom stereocenters. The van der Waals surface area contributed by atoms with Gasteiger partial charge in [0.25, 0.3) is 0 Å². The van der Waals surface area contributed by atoms with Gasteiger partial charge in [0.1, 0.15) is 0 Å². The van der Waals surface area contributed by atoms with Crippen LogP contribution >= 0.6 is 23.2 Å². The van der Waals surface area contributed by atoms with E-state index in [2.05, 4.69) is 0 Å². The Hall–Kier alpha value is -0.340. The molecule has 1 saturated carbocycles. The van der Waals surface area contributed by atoms with Gasteiger partial charge in [0.2, 0.25) is 5.92 Å². The van der Waals surface area contributed by atoms with Crippen molar-refractivity contribution in [1.29, 1.82) is 0 Å². The fraction of sp³-hybridized carbons (Fsp3) is 0.571. The fourth-order valence-electron chi connectivity index (χ4n) is 2.48. The number of hydrogen-bond donors (Lipinski definition) is 0. The molecule has 1 unspecified atom stereocenters. The summed E-state index contributed by atoms with van der Waals surface area (Å²) >= 11 is 12.3. The quantitative estimate of drug-likeness (QED) is 0.662. The largest absolute Gasteiger partial charge is 0.248 e. The van der Waals surface area contributed by atoms with Crippen LogP contribution in [0.2, 0.25) is 5.02 Å². The zero-order valence-corrected chi connectivity index (χ0v) is 11.5. The molecular formula is C14H16Cl2F2. The van der Waals surface area contributed by atoms with E-state index in [9.17, 15) is 8.78 Å². The highest BCUT2D eigenvalue weighted by Gasteiger charge is 2.37. The standard InChI is InChI=1S/C14H16Cl2F2/c15-12-3-1-2-10(8-12)9-13(16)11-4-6-14(17,18)7-5-11/h1-3,8,11,13H,4-7,9H2. The van der Waals surface area contributed by atoms with E-state index in [1.165, 1.54) is 0 Å². The lowest BCUT2D eigenvalue weighted by molar-refractivity contribution is -0.0459. The van der Waals surface area contributed by atoms with Crippen LogP contribution in [0.4, 0.5) is 8.78 Å². The molecule has 0 N–H and O–H groups in total. The Morgan fingerprint density at radius 3 is 2.56 bits per heavy atom. The molecule has 1 aliphatic rings. The minimum absolute atomic E-state index is 0.0313. The maximum absolute atomic E-state index is 13.1. The summed E-state index contributed by atoms with van der Waals surface area (Å²) in [5.74, 6) is -2.30. The molecule has 0 bridgehead atoms. The number of rotatable bonds is 3. The van der Waals surface area contributed by atoms with Crippen LogP contribution in [0.5, 0.6) is 0 Å². The molecule has 0 saturated heterocycles. The van der Waals surface area contributed by atoms with Crippen LogP contribution in [0.3, 0.4) is 0 Å². The second-order valence-corrected chi connectivity index (χ2v) is 6.04. The third kappa shape index (κ3) is 3.83. The SMILES string of the molecule is FC1(F)CCC(C(Cl)Cc2cccc(Cl)c2)CC1. The Labute approximate surface area is 116 Å². The number of halogens is 4. The van der Waals surface area contributed by atoms with E-state index < -0.39 is 5.92 Å². The van der Waals surface area contributed by atoms with Crippen molar-refractivity contribution in [2.75, 3.05) is 0 Å². The minimum Gasteiger partial charge on any atom is -0.207 e. The molecule has 0 aromatic heterocycles. The summed E-state index contributed by atoms with van der Waals surface area (Å²) in [5, 5.41) is 0.603. The summed E-state index contributed by atoms with van der Waals surface area (Å²) in [4.78, 5) is 0.